The predicted molar refractivity (Wildman–Crippen MR) is 107 cm³/mol. The van der Waals surface area contributed by atoms with Crippen LogP contribution in [0.15, 0.2) is 30.3 Å². The van der Waals surface area contributed by atoms with E-state index >= 15 is 0 Å². The van der Waals surface area contributed by atoms with E-state index < -0.39 is 0 Å². The lowest BCUT2D eigenvalue weighted by molar-refractivity contribution is -0.145. The van der Waals surface area contributed by atoms with Gasteiger partial charge < -0.3 is 4.74 Å². The molecule has 0 N–H and O–H groups in total. The molecule has 142 valence electrons. The third-order valence-corrected chi connectivity index (χ3v) is 5.31. The van der Waals surface area contributed by atoms with Crippen molar-refractivity contribution in [3.05, 3.63) is 30.3 Å². The molecule has 0 amide bonds. The second-order valence-electron chi connectivity index (χ2n) is 7.55. The van der Waals surface area contributed by atoms with Crippen LogP contribution in [-0.2, 0) is 4.79 Å². The molecular weight excluding hydrogens is 308 g/mol. The first-order valence-electron chi connectivity index (χ1n) is 10.4. The molecule has 2 heteroatoms. The van der Waals surface area contributed by atoms with Crippen LogP contribution in [0.5, 0.6) is 5.75 Å². The first-order valence-corrected chi connectivity index (χ1v) is 10.4. The van der Waals surface area contributed by atoms with Gasteiger partial charge in [-0.1, -0.05) is 96.3 Å². The van der Waals surface area contributed by atoms with E-state index in [2.05, 4.69) is 13.8 Å². The lowest BCUT2D eigenvalue weighted by Gasteiger charge is -2.25. The summed E-state index contributed by atoms with van der Waals surface area (Å²) < 4.78 is 5.57. The quantitative estimate of drug-likeness (QED) is 0.200. The number of rotatable bonds is 14. The number of hydrogen-bond donors (Lipinski definition) is 0. The zero-order valence-electron chi connectivity index (χ0n) is 16.7. The molecule has 0 heterocycles. The zero-order valence-corrected chi connectivity index (χ0v) is 16.7. The molecule has 25 heavy (non-hydrogen) atoms. The highest BCUT2D eigenvalue weighted by atomic mass is 16.5. The lowest BCUT2D eigenvalue weighted by atomic mass is 9.82. The Morgan fingerprint density at radius 2 is 1.36 bits per heavy atom. The van der Waals surface area contributed by atoms with Gasteiger partial charge in [0.2, 0.25) is 0 Å². The van der Waals surface area contributed by atoms with Crippen molar-refractivity contribution in [1.82, 2.24) is 0 Å². The standard InChI is InChI=1S/C23H38O2/c1-4-6-7-8-9-10-11-12-13-17-20-23(3,5-2)22(24)25-21-18-15-14-16-19-21/h14-16,18-19H,4-13,17,20H2,1-3H3. The molecule has 2 nitrogen and oxygen atoms in total. The molecule has 0 spiro atoms. The summed E-state index contributed by atoms with van der Waals surface area (Å²) in [5, 5.41) is 0. The topological polar surface area (TPSA) is 26.3 Å². The minimum absolute atomic E-state index is 0.0860. The molecular formula is C23H38O2. The SMILES string of the molecule is CCCCCCCCCCCCC(C)(CC)C(=O)Oc1ccccc1. The van der Waals surface area contributed by atoms with Gasteiger partial charge in [0, 0.05) is 0 Å². The van der Waals surface area contributed by atoms with Crippen LogP contribution in [0, 0.1) is 5.41 Å². The number of carbonyl (C=O) groups is 1. The van der Waals surface area contributed by atoms with Gasteiger partial charge in [0.25, 0.3) is 0 Å². The highest BCUT2D eigenvalue weighted by molar-refractivity contribution is 5.78. The summed E-state index contributed by atoms with van der Waals surface area (Å²) in [6.07, 6.45) is 15.0. The Hall–Kier alpha value is -1.31. The van der Waals surface area contributed by atoms with E-state index in [0.29, 0.717) is 5.75 Å². The Labute approximate surface area is 155 Å². The summed E-state index contributed by atoms with van der Waals surface area (Å²) in [6.45, 7) is 6.40. The summed E-state index contributed by atoms with van der Waals surface area (Å²) in [7, 11) is 0. The first-order chi connectivity index (χ1) is 12.1. The van der Waals surface area contributed by atoms with Crippen molar-refractivity contribution in [1.29, 1.82) is 0 Å². The minimum atomic E-state index is -0.365. The molecule has 0 aliphatic carbocycles. The van der Waals surface area contributed by atoms with Crippen LogP contribution in [0.1, 0.15) is 97.8 Å². The Bertz CT molecular complexity index is 454. The van der Waals surface area contributed by atoms with Crippen LogP contribution >= 0.6 is 0 Å². The van der Waals surface area contributed by atoms with Crippen molar-refractivity contribution < 1.29 is 9.53 Å². The maximum Gasteiger partial charge on any atom is 0.317 e. The van der Waals surface area contributed by atoms with Crippen molar-refractivity contribution in [2.24, 2.45) is 5.41 Å². The molecule has 1 rings (SSSR count). The third-order valence-electron chi connectivity index (χ3n) is 5.31. The van der Waals surface area contributed by atoms with Crippen LogP contribution in [0.3, 0.4) is 0 Å². The number of carbonyl (C=O) groups excluding carboxylic acids is 1. The highest BCUT2D eigenvalue weighted by Crippen LogP contribution is 2.31. The van der Waals surface area contributed by atoms with Gasteiger partial charge >= 0.3 is 5.97 Å². The minimum Gasteiger partial charge on any atom is -0.426 e. The number of esters is 1. The maximum absolute atomic E-state index is 12.5. The van der Waals surface area contributed by atoms with E-state index in [9.17, 15) is 4.79 Å². The van der Waals surface area contributed by atoms with E-state index in [0.717, 1.165) is 19.3 Å². The fraction of sp³-hybridized carbons (Fsp3) is 0.696. The van der Waals surface area contributed by atoms with Crippen molar-refractivity contribution in [2.45, 2.75) is 97.8 Å². The molecule has 0 saturated heterocycles. The molecule has 0 bridgehead atoms. The third kappa shape index (κ3) is 9.09. The maximum atomic E-state index is 12.5. The normalized spacial score (nSPS) is 13.4. The number of hydrogen-bond acceptors (Lipinski definition) is 2. The number of unbranched alkanes of at least 4 members (excludes halogenated alkanes) is 9. The summed E-state index contributed by atoms with van der Waals surface area (Å²) in [4.78, 5) is 12.5. The van der Waals surface area contributed by atoms with Gasteiger partial charge in [-0.15, -0.1) is 0 Å². The Kier molecular flexibility index (Phi) is 11.3. The second kappa shape index (κ2) is 13.0. The first kappa shape index (κ1) is 21.7. The lowest BCUT2D eigenvalue weighted by Crippen LogP contribution is -2.31. The average molecular weight is 347 g/mol. The van der Waals surface area contributed by atoms with E-state index in [4.69, 9.17) is 4.74 Å². The Balaban J connectivity index is 2.18. The van der Waals surface area contributed by atoms with Crippen LogP contribution in [0.4, 0.5) is 0 Å². The fourth-order valence-electron chi connectivity index (χ4n) is 3.14. The number of benzene rings is 1. The summed E-state index contributed by atoms with van der Waals surface area (Å²) in [5.74, 6) is 0.562. The average Bonchev–Trinajstić information content (AvgIpc) is 2.63. The molecule has 1 aromatic rings. The molecule has 1 atom stereocenters. The number of para-hydroxylation sites is 1. The molecule has 1 unspecified atom stereocenters. The van der Waals surface area contributed by atoms with Gasteiger partial charge in [0.15, 0.2) is 0 Å². The number of ether oxygens (including phenoxy) is 1. The largest absolute Gasteiger partial charge is 0.426 e. The molecule has 0 fully saturated rings. The van der Waals surface area contributed by atoms with Crippen molar-refractivity contribution in [3.8, 4) is 5.75 Å². The summed E-state index contributed by atoms with van der Waals surface area (Å²) in [6, 6.07) is 9.41. The summed E-state index contributed by atoms with van der Waals surface area (Å²) in [5.41, 5.74) is -0.365. The van der Waals surface area contributed by atoms with E-state index in [1.807, 2.05) is 37.3 Å². The second-order valence-corrected chi connectivity index (χ2v) is 7.55. The van der Waals surface area contributed by atoms with Gasteiger partial charge in [-0.2, -0.15) is 0 Å². The molecule has 0 aromatic heterocycles. The zero-order chi connectivity index (χ0) is 18.4. The highest BCUT2D eigenvalue weighted by Gasteiger charge is 2.32. The monoisotopic (exact) mass is 346 g/mol. The van der Waals surface area contributed by atoms with Crippen molar-refractivity contribution in [3.63, 3.8) is 0 Å². The van der Waals surface area contributed by atoms with Gasteiger partial charge in [0.05, 0.1) is 5.41 Å². The van der Waals surface area contributed by atoms with Crippen LogP contribution in [0.25, 0.3) is 0 Å². The smallest absolute Gasteiger partial charge is 0.317 e. The van der Waals surface area contributed by atoms with Gasteiger partial charge in [-0.25, -0.2) is 0 Å². The molecule has 1 aromatic carbocycles. The van der Waals surface area contributed by atoms with Crippen molar-refractivity contribution >= 4 is 5.97 Å². The Morgan fingerprint density at radius 1 is 0.840 bits per heavy atom. The Morgan fingerprint density at radius 3 is 1.88 bits per heavy atom. The molecule has 0 aliphatic rings. The van der Waals surface area contributed by atoms with Crippen molar-refractivity contribution in [2.75, 3.05) is 0 Å². The molecule has 0 radical (unpaired) electrons. The molecule has 0 aliphatic heterocycles. The van der Waals surface area contributed by atoms with Crippen LogP contribution < -0.4 is 4.74 Å². The van der Waals surface area contributed by atoms with Crippen LogP contribution in [-0.4, -0.2) is 5.97 Å². The van der Waals surface area contributed by atoms with Crippen LogP contribution in [0.2, 0.25) is 0 Å². The van der Waals surface area contributed by atoms with Gasteiger partial charge in [0.1, 0.15) is 5.75 Å². The van der Waals surface area contributed by atoms with Gasteiger partial charge in [-0.05, 0) is 31.9 Å². The predicted octanol–water partition coefficient (Wildman–Crippen LogP) is 7.32. The fourth-order valence-corrected chi connectivity index (χ4v) is 3.14. The summed E-state index contributed by atoms with van der Waals surface area (Å²) >= 11 is 0. The van der Waals surface area contributed by atoms with E-state index in [1.54, 1.807) is 0 Å². The van der Waals surface area contributed by atoms with Gasteiger partial charge in [-0.3, -0.25) is 4.79 Å². The van der Waals surface area contributed by atoms with E-state index in [1.165, 1.54) is 57.8 Å². The molecule has 0 saturated carbocycles. The van der Waals surface area contributed by atoms with E-state index in [-0.39, 0.29) is 11.4 Å².